The van der Waals surface area contributed by atoms with E-state index in [2.05, 4.69) is 32.9 Å². The number of aryl methyl sites for hydroxylation is 1. The van der Waals surface area contributed by atoms with Crippen LogP contribution >= 0.6 is 66.7 Å². The van der Waals surface area contributed by atoms with Crippen LogP contribution in [0.5, 0.6) is 0 Å². The van der Waals surface area contributed by atoms with Crippen molar-refractivity contribution < 1.29 is 0 Å². The molecule has 0 spiro atoms. The van der Waals surface area contributed by atoms with Crippen LogP contribution in [-0.4, -0.2) is 12.7 Å². The highest BCUT2D eigenvalue weighted by molar-refractivity contribution is 7.64. The van der Waals surface area contributed by atoms with Crippen molar-refractivity contribution in [2.45, 2.75) is 129 Å². The zero-order chi connectivity index (χ0) is 24.3. The minimum atomic E-state index is -2.31. The van der Waals surface area contributed by atoms with E-state index < -0.39 is 12.7 Å². The maximum Gasteiger partial charge on any atom is 0.341 e. The highest BCUT2D eigenvalue weighted by Gasteiger charge is 2.32. The fourth-order valence-electron chi connectivity index (χ4n) is 3.42. The molecule has 0 radical (unpaired) electrons. The summed E-state index contributed by atoms with van der Waals surface area (Å²) in [6.07, 6.45) is 19.1. The molecule has 0 aliphatic rings. The third-order valence-corrected chi connectivity index (χ3v) is 15.3. The van der Waals surface area contributed by atoms with Crippen molar-refractivity contribution in [3.05, 3.63) is 17.0 Å². The molecule has 0 saturated carbocycles. The number of halogens is 5. The van der Waals surface area contributed by atoms with Gasteiger partial charge in [-0.1, -0.05) is 104 Å². The average Bonchev–Trinajstić information content (AvgIpc) is 3.21. The molecule has 0 aliphatic carbocycles. The lowest BCUT2D eigenvalue weighted by atomic mass is 10.1. The summed E-state index contributed by atoms with van der Waals surface area (Å²) in [6.45, 7) is 4.50. The summed E-state index contributed by atoms with van der Waals surface area (Å²) in [6, 6.07) is 3.93. The smallest absolute Gasteiger partial charge is 0.147 e. The van der Waals surface area contributed by atoms with Crippen LogP contribution in [0.15, 0.2) is 12.1 Å². The third kappa shape index (κ3) is 19.8. The van der Waals surface area contributed by atoms with E-state index in [4.69, 9.17) is 55.4 Å². The minimum Gasteiger partial charge on any atom is -0.147 e. The molecule has 8 heteroatoms. The molecule has 190 valence electrons. The maximum atomic E-state index is 6.66. The van der Waals surface area contributed by atoms with E-state index in [1.54, 1.807) is 0 Å². The summed E-state index contributed by atoms with van der Waals surface area (Å²) in [5.74, 6) is 0. The Morgan fingerprint density at radius 2 is 1.06 bits per heavy atom. The van der Waals surface area contributed by atoms with Gasteiger partial charge in [-0.15, -0.1) is 66.7 Å². The zero-order valence-electron chi connectivity index (χ0n) is 20.5. The molecule has 1 aromatic heterocycles. The Morgan fingerprint density at radius 3 is 1.56 bits per heavy atom. The molecule has 0 unspecified atom stereocenters. The quantitative estimate of drug-likeness (QED) is 0.0895. The number of hydrogen-bond donors (Lipinski definition) is 0. The van der Waals surface area contributed by atoms with Gasteiger partial charge in [0.2, 0.25) is 0 Å². The zero-order valence-corrected chi connectivity index (χ0v) is 27.1. The van der Waals surface area contributed by atoms with Gasteiger partial charge in [-0.2, -0.15) is 0 Å². The third-order valence-electron chi connectivity index (χ3n) is 5.46. The van der Waals surface area contributed by atoms with Gasteiger partial charge in [0.15, 0.2) is 0 Å². The first kappa shape index (κ1) is 33.6. The summed E-state index contributed by atoms with van der Waals surface area (Å²) >= 11 is 32.4. The van der Waals surface area contributed by atoms with Gasteiger partial charge in [-0.25, -0.2) is 0 Å². The van der Waals surface area contributed by atoms with Gasteiger partial charge in [0, 0.05) is 9.38 Å². The Balaban J connectivity index is 0.000000687. The topological polar surface area (TPSA) is 0 Å². The fourth-order valence-corrected chi connectivity index (χ4v) is 10.5. The van der Waals surface area contributed by atoms with E-state index in [1.165, 1.54) is 99.3 Å². The molecule has 32 heavy (non-hydrogen) atoms. The van der Waals surface area contributed by atoms with E-state index >= 15 is 0 Å². The maximum absolute atomic E-state index is 6.66. The van der Waals surface area contributed by atoms with Gasteiger partial charge in [-0.05, 0) is 37.1 Å². The Hall–Kier alpha value is 1.58. The standard InChI is InChI=1S/C16H28Cl2SSi.C8H17Cl3Si/c1-3-5-7-8-9-10-14-20(17,18)16-13-12-15(19-16)11-6-4-2;1-2-3-4-5-6-7-8-12(9,10)11/h12-13H,3-11,14H2,1-2H3;2-8H2,1H3. The van der Waals surface area contributed by atoms with Gasteiger partial charge in [0.05, 0.1) is 0 Å². The average molecular weight is 599 g/mol. The largest absolute Gasteiger partial charge is 0.341 e. The minimum absolute atomic E-state index is 0.823. The molecule has 0 nitrogen and oxygen atoms in total. The molecule has 1 aromatic rings. The lowest BCUT2D eigenvalue weighted by molar-refractivity contribution is 0.624. The molecule has 0 amide bonds. The lowest BCUT2D eigenvalue weighted by Gasteiger charge is -2.14. The van der Waals surface area contributed by atoms with Crippen LogP contribution in [0.4, 0.5) is 0 Å². The molecule has 0 aliphatic heterocycles. The summed E-state index contributed by atoms with van der Waals surface area (Å²) < 4.78 is 1.26. The molecule has 0 bridgehead atoms. The van der Waals surface area contributed by atoms with Crippen molar-refractivity contribution in [3.8, 4) is 0 Å². The van der Waals surface area contributed by atoms with E-state index in [9.17, 15) is 0 Å². The second-order valence-corrected chi connectivity index (χ2v) is 26.4. The summed E-state index contributed by atoms with van der Waals surface area (Å²) in [5.41, 5.74) is 0. The number of rotatable bonds is 18. The van der Waals surface area contributed by atoms with Crippen molar-refractivity contribution >= 4 is 83.9 Å². The number of thiophene rings is 1. The molecule has 0 aromatic carbocycles. The first-order valence-corrected chi connectivity index (χ1v) is 23.0. The molecule has 0 atom stereocenters. The van der Waals surface area contributed by atoms with Crippen molar-refractivity contribution in [1.82, 2.24) is 0 Å². The van der Waals surface area contributed by atoms with Gasteiger partial charge in [0.1, 0.15) is 0 Å². The number of unbranched alkanes of at least 4 members (excludes halogenated alkanes) is 11. The van der Waals surface area contributed by atoms with E-state index in [0.29, 0.717) is 0 Å². The molecule has 0 fully saturated rings. The highest BCUT2D eigenvalue weighted by atomic mass is 35.8. The Kier molecular flexibility index (Phi) is 21.8. The van der Waals surface area contributed by atoms with E-state index in [1.807, 2.05) is 11.3 Å². The lowest BCUT2D eigenvalue weighted by Crippen LogP contribution is -2.33. The van der Waals surface area contributed by atoms with E-state index in [0.717, 1.165) is 18.5 Å². The van der Waals surface area contributed by atoms with Crippen LogP contribution in [0.3, 0.4) is 0 Å². The van der Waals surface area contributed by atoms with Crippen molar-refractivity contribution in [2.24, 2.45) is 0 Å². The van der Waals surface area contributed by atoms with Crippen LogP contribution in [-0.2, 0) is 6.42 Å². The molecule has 1 heterocycles. The molecule has 0 N–H and O–H groups in total. The van der Waals surface area contributed by atoms with Crippen LogP contribution < -0.4 is 4.50 Å². The van der Waals surface area contributed by atoms with Gasteiger partial charge in [0.25, 0.3) is 6.69 Å². The summed E-state index contributed by atoms with van der Waals surface area (Å²) in [4.78, 5) is 1.45. The first-order chi connectivity index (χ1) is 15.2. The molecular weight excluding hydrogens is 554 g/mol. The van der Waals surface area contributed by atoms with Crippen LogP contribution in [0.25, 0.3) is 0 Å². The van der Waals surface area contributed by atoms with Crippen molar-refractivity contribution in [1.29, 1.82) is 0 Å². The summed E-state index contributed by atoms with van der Waals surface area (Å²) in [7, 11) is 0. The second-order valence-electron chi connectivity index (χ2n) is 8.72. The molecule has 0 saturated heterocycles. The number of hydrogen-bond acceptors (Lipinski definition) is 1. The van der Waals surface area contributed by atoms with Crippen LogP contribution in [0.2, 0.25) is 12.1 Å². The highest BCUT2D eigenvalue weighted by Crippen LogP contribution is 2.28. The van der Waals surface area contributed by atoms with Crippen LogP contribution in [0, 0.1) is 0 Å². The predicted octanol–water partition coefficient (Wildman–Crippen LogP) is 11.6. The van der Waals surface area contributed by atoms with Crippen molar-refractivity contribution in [2.75, 3.05) is 0 Å². The molecular formula is C24H45Cl5SSi2. The van der Waals surface area contributed by atoms with Gasteiger partial charge in [-0.3, -0.25) is 0 Å². The Morgan fingerprint density at radius 1 is 0.594 bits per heavy atom. The predicted molar refractivity (Wildman–Crippen MR) is 160 cm³/mol. The normalized spacial score (nSPS) is 12.0. The second kappa shape index (κ2) is 20.7. The van der Waals surface area contributed by atoms with Crippen molar-refractivity contribution in [3.63, 3.8) is 0 Å². The van der Waals surface area contributed by atoms with Crippen LogP contribution in [0.1, 0.15) is 116 Å². The Labute approximate surface area is 228 Å². The monoisotopic (exact) mass is 596 g/mol. The SMILES string of the molecule is CCCCCCCC[Si](Cl)(Cl)Cl.CCCCCCCC[Si](Cl)(Cl)c1ccc(CCCC)s1. The fraction of sp³-hybridized carbons (Fsp3) is 0.833. The Bertz CT molecular complexity index is 547. The molecule has 1 rings (SSSR count). The van der Waals surface area contributed by atoms with Gasteiger partial charge < -0.3 is 0 Å². The summed E-state index contributed by atoms with van der Waals surface area (Å²) in [5, 5.41) is 0. The first-order valence-electron chi connectivity index (χ1n) is 12.7. The van der Waals surface area contributed by atoms with Gasteiger partial charge >= 0.3 is 6.00 Å². The van der Waals surface area contributed by atoms with E-state index in [-0.39, 0.29) is 0 Å².